The average Bonchev–Trinajstić information content (AvgIpc) is 2.70. The van der Waals surface area contributed by atoms with Gasteiger partial charge in [-0.2, -0.15) is 4.31 Å². The largest absolute Gasteiger partial charge is 0.469 e. The maximum absolute atomic E-state index is 13.1. The number of hydrogen-bond acceptors (Lipinski definition) is 5. The third-order valence-corrected chi connectivity index (χ3v) is 7.03. The summed E-state index contributed by atoms with van der Waals surface area (Å²) in [6, 6.07) is 6.03. The Bertz CT molecular complexity index is 811. The van der Waals surface area contributed by atoms with Crippen LogP contribution in [0.15, 0.2) is 29.2 Å². The highest BCUT2D eigenvalue weighted by Gasteiger charge is 2.35. The molecule has 1 aromatic rings. The summed E-state index contributed by atoms with van der Waals surface area (Å²) in [6.45, 7) is 5.28. The second kappa shape index (κ2) is 10.4. The van der Waals surface area contributed by atoms with Crippen molar-refractivity contribution in [3.8, 4) is 0 Å². The highest BCUT2D eigenvalue weighted by Crippen LogP contribution is 2.26. The van der Waals surface area contributed by atoms with Crippen molar-refractivity contribution in [2.24, 2.45) is 11.8 Å². The number of methoxy groups -OCH3 is 1. The van der Waals surface area contributed by atoms with Gasteiger partial charge in [0.15, 0.2) is 0 Å². The Labute approximate surface area is 178 Å². The number of hydrogen-bond donors (Lipinski definition) is 0. The molecular formula is C20H29ClN2O5S. The van der Waals surface area contributed by atoms with Gasteiger partial charge in [0.2, 0.25) is 15.9 Å². The molecule has 162 valence electrons. The molecule has 0 N–H and O–H groups in total. The molecule has 1 heterocycles. The zero-order valence-corrected chi connectivity index (χ0v) is 18.7. The number of halogens is 1. The molecule has 1 fully saturated rings. The van der Waals surface area contributed by atoms with Gasteiger partial charge in [0, 0.05) is 31.2 Å². The van der Waals surface area contributed by atoms with Crippen LogP contribution >= 0.6 is 11.6 Å². The van der Waals surface area contributed by atoms with E-state index in [9.17, 15) is 18.0 Å². The van der Waals surface area contributed by atoms with Crippen LogP contribution in [0.4, 0.5) is 0 Å². The zero-order chi connectivity index (χ0) is 21.6. The molecule has 2 rings (SSSR count). The van der Waals surface area contributed by atoms with E-state index in [-0.39, 0.29) is 42.2 Å². The van der Waals surface area contributed by atoms with E-state index in [0.717, 1.165) is 0 Å². The summed E-state index contributed by atoms with van der Waals surface area (Å²) < 4.78 is 32.0. The van der Waals surface area contributed by atoms with Crippen molar-refractivity contribution in [2.45, 2.75) is 38.0 Å². The van der Waals surface area contributed by atoms with E-state index in [1.165, 1.54) is 35.7 Å². The number of sulfonamides is 1. The molecule has 1 aromatic carbocycles. The first-order valence-corrected chi connectivity index (χ1v) is 11.6. The highest BCUT2D eigenvalue weighted by molar-refractivity contribution is 7.89. The van der Waals surface area contributed by atoms with Crippen LogP contribution in [0.3, 0.4) is 0 Å². The fourth-order valence-corrected chi connectivity index (χ4v) is 5.09. The van der Waals surface area contributed by atoms with Crippen molar-refractivity contribution >= 4 is 33.5 Å². The molecule has 0 saturated carbocycles. The molecule has 0 radical (unpaired) electrons. The highest BCUT2D eigenvalue weighted by atomic mass is 35.5. The second-order valence-electron chi connectivity index (χ2n) is 7.66. The van der Waals surface area contributed by atoms with E-state index in [1.54, 1.807) is 4.90 Å². The van der Waals surface area contributed by atoms with Crippen molar-refractivity contribution in [2.75, 3.05) is 33.3 Å². The van der Waals surface area contributed by atoms with Gasteiger partial charge < -0.3 is 9.64 Å². The minimum absolute atomic E-state index is 0.112. The number of carbonyl (C=O) groups is 2. The Balaban J connectivity index is 2.13. The van der Waals surface area contributed by atoms with Crippen LogP contribution in [0.25, 0.3) is 0 Å². The predicted molar refractivity (Wildman–Crippen MR) is 111 cm³/mol. The monoisotopic (exact) mass is 444 g/mol. The molecule has 0 aromatic heterocycles. The minimum atomic E-state index is -3.69. The number of benzene rings is 1. The van der Waals surface area contributed by atoms with E-state index in [1.807, 2.05) is 13.8 Å². The van der Waals surface area contributed by atoms with Gasteiger partial charge in [-0.1, -0.05) is 25.4 Å². The summed E-state index contributed by atoms with van der Waals surface area (Å²) in [5.41, 5.74) is 0. The smallest absolute Gasteiger partial charge is 0.307 e. The van der Waals surface area contributed by atoms with Gasteiger partial charge >= 0.3 is 5.97 Å². The lowest BCUT2D eigenvalue weighted by atomic mass is 9.97. The van der Waals surface area contributed by atoms with Gasteiger partial charge in [0.05, 0.1) is 24.3 Å². The van der Waals surface area contributed by atoms with Crippen molar-refractivity contribution < 1.29 is 22.7 Å². The summed E-state index contributed by atoms with van der Waals surface area (Å²) in [5, 5.41) is 0.464. The second-order valence-corrected chi connectivity index (χ2v) is 10.0. The standard InChI is InChI=1S/C20H29ClN2O5S/c1-15(2)13-22(12-10-19(24)28-3)20(25)16-5-4-11-23(14-16)29(26,27)18-8-6-17(21)7-9-18/h6-9,15-16H,4-5,10-14H2,1-3H3. The summed E-state index contributed by atoms with van der Waals surface area (Å²) in [7, 11) is -2.38. The van der Waals surface area contributed by atoms with Crippen molar-refractivity contribution in [3.05, 3.63) is 29.3 Å². The van der Waals surface area contributed by atoms with E-state index in [4.69, 9.17) is 11.6 Å². The molecule has 9 heteroatoms. The van der Waals surface area contributed by atoms with Gasteiger partial charge in [-0.3, -0.25) is 9.59 Å². The fourth-order valence-electron chi connectivity index (χ4n) is 3.44. The molecule has 7 nitrogen and oxygen atoms in total. The van der Waals surface area contributed by atoms with Crippen LogP contribution in [-0.2, 0) is 24.3 Å². The van der Waals surface area contributed by atoms with E-state index in [2.05, 4.69) is 4.74 Å². The fraction of sp³-hybridized carbons (Fsp3) is 0.600. The first-order chi connectivity index (χ1) is 13.6. The van der Waals surface area contributed by atoms with E-state index < -0.39 is 15.9 Å². The van der Waals surface area contributed by atoms with Crippen LogP contribution in [0.2, 0.25) is 5.02 Å². The van der Waals surface area contributed by atoms with E-state index >= 15 is 0 Å². The SMILES string of the molecule is COC(=O)CCN(CC(C)C)C(=O)C1CCCN(S(=O)(=O)c2ccc(Cl)cc2)C1. The summed E-state index contributed by atoms with van der Waals surface area (Å²) in [4.78, 5) is 26.5. The van der Waals surface area contributed by atoms with Gasteiger partial charge in [-0.25, -0.2) is 8.42 Å². The summed E-state index contributed by atoms with van der Waals surface area (Å²) in [5.74, 6) is -0.683. The topological polar surface area (TPSA) is 84.0 Å². The molecular weight excluding hydrogens is 416 g/mol. The van der Waals surface area contributed by atoms with Gasteiger partial charge in [0.25, 0.3) is 0 Å². The van der Waals surface area contributed by atoms with Crippen LogP contribution in [-0.4, -0.2) is 62.8 Å². The van der Waals surface area contributed by atoms with Crippen molar-refractivity contribution in [3.63, 3.8) is 0 Å². The predicted octanol–water partition coefficient (Wildman–Crippen LogP) is 2.79. The summed E-state index contributed by atoms with van der Waals surface area (Å²) >= 11 is 5.86. The molecule has 0 bridgehead atoms. The number of amides is 1. The Morgan fingerprint density at radius 2 is 1.93 bits per heavy atom. The molecule has 1 aliphatic rings. The molecule has 29 heavy (non-hydrogen) atoms. The first kappa shape index (κ1) is 23.6. The Kier molecular flexibility index (Phi) is 8.48. The Morgan fingerprint density at radius 3 is 2.52 bits per heavy atom. The van der Waals surface area contributed by atoms with Crippen LogP contribution in [0.5, 0.6) is 0 Å². The third kappa shape index (κ3) is 6.42. The number of carbonyl (C=O) groups excluding carboxylic acids is 2. The number of esters is 1. The van der Waals surface area contributed by atoms with Crippen molar-refractivity contribution in [1.29, 1.82) is 0 Å². The van der Waals surface area contributed by atoms with Crippen LogP contribution < -0.4 is 0 Å². The lowest BCUT2D eigenvalue weighted by Gasteiger charge is -2.35. The van der Waals surface area contributed by atoms with Crippen LogP contribution in [0, 0.1) is 11.8 Å². The number of piperidine rings is 1. The number of ether oxygens (including phenoxy) is 1. The average molecular weight is 445 g/mol. The van der Waals surface area contributed by atoms with Gasteiger partial charge in [0.1, 0.15) is 0 Å². The van der Waals surface area contributed by atoms with E-state index in [0.29, 0.717) is 31.0 Å². The maximum atomic E-state index is 13.1. The molecule has 1 amide bonds. The zero-order valence-electron chi connectivity index (χ0n) is 17.1. The van der Waals surface area contributed by atoms with Crippen LogP contribution in [0.1, 0.15) is 33.1 Å². The molecule has 0 aliphatic carbocycles. The normalized spacial score (nSPS) is 17.9. The first-order valence-electron chi connectivity index (χ1n) is 9.76. The molecule has 0 spiro atoms. The Morgan fingerprint density at radius 1 is 1.28 bits per heavy atom. The Hall–Kier alpha value is -1.64. The molecule has 1 unspecified atom stereocenters. The quantitative estimate of drug-likeness (QED) is 0.575. The molecule has 1 aliphatic heterocycles. The summed E-state index contributed by atoms with van der Waals surface area (Å²) in [6.07, 6.45) is 1.35. The number of rotatable bonds is 8. The maximum Gasteiger partial charge on any atom is 0.307 e. The van der Waals surface area contributed by atoms with Gasteiger partial charge in [-0.15, -0.1) is 0 Å². The number of nitrogens with zero attached hydrogens (tertiary/aromatic N) is 2. The lowest BCUT2D eigenvalue weighted by molar-refractivity contribution is -0.143. The van der Waals surface area contributed by atoms with Gasteiger partial charge in [-0.05, 0) is 43.0 Å². The lowest BCUT2D eigenvalue weighted by Crippen LogP contribution is -2.47. The van der Waals surface area contributed by atoms with Crippen molar-refractivity contribution in [1.82, 2.24) is 9.21 Å². The minimum Gasteiger partial charge on any atom is -0.469 e. The molecule has 1 saturated heterocycles. The third-order valence-electron chi connectivity index (χ3n) is 4.90. The molecule has 1 atom stereocenters.